The quantitative estimate of drug-likeness (QED) is 0.686. The molecule has 0 fully saturated rings. The Balaban J connectivity index is 1.53. The van der Waals surface area contributed by atoms with E-state index in [2.05, 4.69) is 36.8 Å². The molecule has 8 heteroatoms. The monoisotopic (exact) mass is 401 g/mol. The van der Waals surface area contributed by atoms with Crippen LogP contribution in [0.15, 0.2) is 59.3 Å². The van der Waals surface area contributed by atoms with E-state index in [1.54, 1.807) is 12.1 Å². The van der Waals surface area contributed by atoms with E-state index in [0.29, 0.717) is 5.75 Å². The summed E-state index contributed by atoms with van der Waals surface area (Å²) in [4.78, 5) is 12.1. The molecule has 0 bridgehead atoms. The minimum absolute atomic E-state index is 0.0565. The summed E-state index contributed by atoms with van der Waals surface area (Å²) in [6.45, 7) is 1.87. The maximum absolute atomic E-state index is 12.1. The third-order valence-corrected chi connectivity index (χ3v) is 4.29. The van der Waals surface area contributed by atoms with E-state index in [9.17, 15) is 4.79 Å². The number of amides is 1. The Bertz CT molecular complexity index is 837. The van der Waals surface area contributed by atoms with Gasteiger partial charge in [-0.25, -0.2) is 4.68 Å². The van der Waals surface area contributed by atoms with E-state index in [-0.39, 0.29) is 18.6 Å². The number of nitrogens with zero attached hydrogens (tertiary/aromatic N) is 4. The Morgan fingerprint density at radius 3 is 2.68 bits per heavy atom. The smallest absolute Gasteiger partial charge is 0.258 e. The molecule has 0 saturated heterocycles. The van der Waals surface area contributed by atoms with Crippen molar-refractivity contribution >= 4 is 21.8 Å². The van der Waals surface area contributed by atoms with Crippen LogP contribution in [0.5, 0.6) is 5.75 Å². The number of tetrazole rings is 1. The number of nitrogens with one attached hydrogen (secondary N) is 1. The number of ether oxygens (including phenoxy) is 1. The molecule has 0 spiro atoms. The van der Waals surface area contributed by atoms with Gasteiger partial charge in [-0.05, 0) is 53.2 Å². The summed E-state index contributed by atoms with van der Waals surface area (Å²) < 4.78 is 8.02. The van der Waals surface area contributed by atoms with Gasteiger partial charge in [-0.15, -0.1) is 5.10 Å². The minimum atomic E-state index is -0.187. The predicted octanol–water partition coefficient (Wildman–Crippen LogP) is 2.68. The lowest BCUT2D eigenvalue weighted by molar-refractivity contribution is -0.123. The molecule has 25 heavy (non-hydrogen) atoms. The third-order valence-electron chi connectivity index (χ3n) is 3.57. The van der Waals surface area contributed by atoms with E-state index in [1.165, 1.54) is 11.0 Å². The number of hydrogen-bond donors (Lipinski definition) is 1. The van der Waals surface area contributed by atoms with Gasteiger partial charge in [-0.3, -0.25) is 4.79 Å². The average Bonchev–Trinajstić information content (AvgIpc) is 3.15. The number of aromatic nitrogens is 4. The van der Waals surface area contributed by atoms with Gasteiger partial charge in [-0.2, -0.15) is 0 Å². The molecule has 0 saturated carbocycles. The van der Waals surface area contributed by atoms with Crippen LogP contribution >= 0.6 is 15.9 Å². The van der Waals surface area contributed by atoms with Crippen LogP contribution in [0.4, 0.5) is 0 Å². The number of rotatable bonds is 6. The second-order valence-corrected chi connectivity index (χ2v) is 6.20. The van der Waals surface area contributed by atoms with Crippen molar-refractivity contribution in [3.8, 4) is 11.4 Å². The molecule has 7 nitrogen and oxygen atoms in total. The highest BCUT2D eigenvalue weighted by Crippen LogP contribution is 2.22. The van der Waals surface area contributed by atoms with Crippen LogP contribution < -0.4 is 10.1 Å². The van der Waals surface area contributed by atoms with Crippen LogP contribution in [-0.4, -0.2) is 32.7 Å². The fourth-order valence-corrected chi connectivity index (χ4v) is 2.94. The molecule has 1 aromatic heterocycles. The van der Waals surface area contributed by atoms with Crippen molar-refractivity contribution in [1.29, 1.82) is 0 Å². The van der Waals surface area contributed by atoms with Gasteiger partial charge in [0.2, 0.25) is 0 Å². The molecule has 0 aliphatic carbocycles. The molecule has 0 aliphatic heterocycles. The first kappa shape index (κ1) is 17.1. The van der Waals surface area contributed by atoms with Crippen molar-refractivity contribution < 1.29 is 9.53 Å². The predicted molar refractivity (Wildman–Crippen MR) is 95.3 cm³/mol. The van der Waals surface area contributed by atoms with Gasteiger partial charge in [0.05, 0.1) is 11.7 Å². The Morgan fingerprint density at radius 1 is 1.24 bits per heavy atom. The Labute approximate surface area is 153 Å². The largest absolute Gasteiger partial charge is 0.484 e. The van der Waals surface area contributed by atoms with Gasteiger partial charge < -0.3 is 10.1 Å². The maximum Gasteiger partial charge on any atom is 0.258 e. The fraction of sp³-hybridized carbons (Fsp3) is 0.176. The normalized spacial score (nSPS) is 11.8. The Morgan fingerprint density at radius 2 is 2.00 bits per heavy atom. The molecule has 3 rings (SSSR count). The summed E-state index contributed by atoms with van der Waals surface area (Å²) in [6, 6.07) is 14.8. The summed E-state index contributed by atoms with van der Waals surface area (Å²) in [7, 11) is 0. The molecule has 128 valence electrons. The molecule has 0 unspecified atom stereocenters. The zero-order chi connectivity index (χ0) is 17.6. The molecular weight excluding hydrogens is 386 g/mol. The number of carbonyl (C=O) groups is 1. The second kappa shape index (κ2) is 7.89. The van der Waals surface area contributed by atoms with Crippen LogP contribution in [0.25, 0.3) is 5.69 Å². The SMILES string of the molecule is C[C@@H](NC(=O)COc1ccc(-n2cnnn2)cc1)c1ccccc1Br. The average molecular weight is 402 g/mol. The zero-order valence-electron chi connectivity index (χ0n) is 13.5. The third kappa shape index (κ3) is 4.42. The summed E-state index contributed by atoms with van der Waals surface area (Å²) in [6.07, 6.45) is 1.51. The van der Waals surface area contributed by atoms with Crippen molar-refractivity contribution in [2.24, 2.45) is 0 Å². The molecule has 1 heterocycles. The maximum atomic E-state index is 12.1. The van der Waals surface area contributed by atoms with Crippen LogP contribution in [0.2, 0.25) is 0 Å². The van der Waals surface area contributed by atoms with Gasteiger partial charge in [-0.1, -0.05) is 34.1 Å². The highest BCUT2D eigenvalue weighted by molar-refractivity contribution is 9.10. The number of halogens is 1. The second-order valence-electron chi connectivity index (χ2n) is 5.35. The first-order chi connectivity index (χ1) is 12.1. The van der Waals surface area contributed by atoms with Gasteiger partial charge in [0.25, 0.3) is 5.91 Å². The van der Waals surface area contributed by atoms with Gasteiger partial charge >= 0.3 is 0 Å². The van der Waals surface area contributed by atoms with E-state index < -0.39 is 0 Å². The molecule has 0 radical (unpaired) electrons. The fourth-order valence-electron chi connectivity index (χ4n) is 2.31. The first-order valence-electron chi connectivity index (χ1n) is 7.63. The van der Waals surface area contributed by atoms with Crippen molar-refractivity contribution in [1.82, 2.24) is 25.5 Å². The summed E-state index contributed by atoms with van der Waals surface area (Å²) in [5.74, 6) is 0.410. The highest BCUT2D eigenvalue weighted by Gasteiger charge is 2.12. The molecular formula is C17H16BrN5O2. The highest BCUT2D eigenvalue weighted by atomic mass is 79.9. The molecule has 1 atom stereocenters. The van der Waals surface area contributed by atoms with Crippen molar-refractivity contribution in [2.45, 2.75) is 13.0 Å². The molecule has 2 aromatic carbocycles. The molecule has 0 aliphatic rings. The number of hydrogen-bond acceptors (Lipinski definition) is 5. The summed E-state index contributed by atoms with van der Waals surface area (Å²) >= 11 is 3.49. The lowest BCUT2D eigenvalue weighted by atomic mass is 10.1. The Kier molecular flexibility index (Phi) is 5.39. The van der Waals surface area contributed by atoms with Gasteiger partial charge in [0.15, 0.2) is 6.61 Å². The molecule has 1 N–H and O–H groups in total. The lowest BCUT2D eigenvalue weighted by Gasteiger charge is -2.16. The summed E-state index contributed by atoms with van der Waals surface area (Å²) in [5, 5.41) is 13.9. The van der Waals surface area contributed by atoms with E-state index in [4.69, 9.17) is 4.74 Å². The van der Waals surface area contributed by atoms with Crippen molar-refractivity contribution in [2.75, 3.05) is 6.61 Å². The van der Waals surface area contributed by atoms with Gasteiger partial charge in [0, 0.05) is 4.47 Å². The van der Waals surface area contributed by atoms with Crippen molar-refractivity contribution in [3.05, 3.63) is 64.9 Å². The van der Waals surface area contributed by atoms with Gasteiger partial charge in [0.1, 0.15) is 12.1 Å². The Hall–Kier alpha value is -2.74. The first-order valence-corrected chi connectivity index (χ1v) is 8.43. The van der Waals surface area contributed by atoms with E-state index in [1.807, 2.05) is 43.3 Å². The van der Waals surface area contributed by atoms with Crippen molar-refractivity contribution in [3.63, 3.8) is 0 Å². The summed E-state index contributed by atoms with van der Waals surface area (Å²) in [5.41, 5.74) is 1.82. The zero-order valence-corrected chi connectivity index (χ0v) is 15.0. The minimum Gasteiger partial charge on any atom is -0.484 e. The lowest BCUT2D eigenvalue weighted by Crippen LogP contribution is -2.31. The van der Waals surface area contributed by atoms with E-state index in [0.717, 1.165) is 15.7 Å². The standard InChI is InChI=1S/C17H16BrN5O2/c1-12(15-4-2-3-5-16(15)18)20-17(24)10-25-14-8-6-13(7-9-14)23-11-19-21-22-23/h2-9,11-12H,10H2,1H3,(H,20,24)/t12-/m1/s1. The molecule has 3 aromatic rings. The van der Waals surface area contributed by atoms with Crippen LogP contribution in [0, 0.1) is 0 Å². The van der Waals surface area contributed by atoms with Crippen LogP contribution in [0.1, 0.15) is 18.5 Å². The van der Waals surface area contributed by atoms with E-state index >= 15 is 0 Å². The van der Waals surface area contributed by atoms with Crippen LogP contribution in [0.3, 0.4) is 0 Å². The molecule has 1 amide bonds. The van der Waals surface area contributed by atoms with Crippen LogP contribution in [-0.2, 0) is 4.79 Å². The topological polar surface area (TPSA) is 81.9 Å². The number of carbonyl (C=O) groups excluding carboxylic acids is 1. The number of benzene rings is 2.